The number of hydroxylamine groups is 2. The zero-order chi connectivity index (χ0) is 10.3. The van der Waals surface area contributed by atoms with Gasteiger partial charge in [0.25, 0.3) is 5.91 Å². The van der Waals surface area contributed by atoms with Crippen molar-refractivity contribution in [1.29, 1.82) is 0 Å². The van der Waals surface area contributed by atoms with Gasteiger partial charge in [-0.2, -0.15) is 0 Å². The quantitative estimate of drug-likeness (QED) is 0.325. The number of hydrogen-bond acceptors (Lipinski definition) is 4. The predicted octanol–water partition coefficient (Wildman–Crippen LogP) is 0.629. The van der Waals surface area contributed by atoms with Crippen molar-refractivity contribution < 1.29 is 25.1 Å². The second-order valence-corrected chi connectivity index (χ2v) is 2.64. The normalized spacial score (nSPS) is 9.69. The molecule has 1 amide bonds. The SMILES string of the molecule is O=C(O)CCCCCC(=O)N(O)O. The molecule has 0 bridgehead atoms. The molecule has 0 saturated carbocycles. The van der Waals surface area contributed by atoms with E-state index >= 15 is 0 Å². The molecule has 3 N–H and O–H groups in total. The second kappa shape index (κ2) is 6.38. The van der Waals surface area contributed by atoms with Crippen LogP contribution in [-0.4, -0.2) is 32.6 Å². The van der Waals surface area contributed by atoms with Gasteiger partial charge in [0.15, 0.2) is 0 Å². The third-order valence-corrected chi connectivity index (χ3v) is 1.50. The van der Waals surface area contributed by atoms with Crippen LogP contribution in [0, 0.1) is 0 Å². The minimum atomic E-state index is -0.864. The summed E-state index contributed by atoms with van der Waals surface area (Å²) in [5, 5.41) is 24.2. The van der Waals surface area contributed by atoms with Gasteiger partial charge >= 0.3 is 5.97 Å². The molecule has 0 aromatic rings. The van der Waals surface area contributed by atoms with Gasteiger partial charge in [0.1, 0.15) is 0 Å². The molecule has 0 aliphatic rings. The number of unbranched alkanes of at least 4 members (excludes halogenated alkanes) is 2. The average Bonchev–Trinajstić information content (AvgIpc) is 2.02. The molecule has 76 valence electrons. The molecule has 0 saturated heterocycles. The van der Waals surface area contributed by atoms with Crippen molar-refractivity contribution in [3.05, 3.63) is 0 Å². The predicted molar refractivity (Wildman–Crippen MR) is 41.1 cm³/mol. The van der Waals surface area contributed by atoms with E-state index in [0.717, 1.165) is 0 Å². The van der Waals surface area contributed by atoms with Gasteiger partial charge < -0.3 is 5.11 Å². The minimum absolute atomic E-state index is 0.0205. The van der Waals surface area contributed by atoms with Crippen LogP contribution in [0.1, 0.15) is 32.1 Å². The lowest BCUT2D eigenvalue weighted by atomic mass is 10.1. The van der Waals surface area contributed by atoms with Gasteiger partial charge in [-0.25, -0.2) is 0 Å². The number of nitrogens with zero attached hydrogens (tertiary/aromatic N) is 1. The highest BCUT2D eigenvalue weighted by molar-refractivity contribution is 5.73. The van der Waals surface area contributed by atoms with E-state index in [2.05, 4.69) is 0 Å². The van der Waals surface area contributed by atoms with Crippen LogP contribution in [0.15, 0.2) is 0 Å². The zero-order valence-corrected chi connectivity index (χ0v) is 7.14. The first-order valence-electron chi connectivity index (χ1n) is 3.96. The largest absolute Gasteiger partial charge is 0.481 e. The number of rotatable bonds is 6. The number of hydrogen-bond donors (Lipinski definition) is 3. The van der Waals surface area contributed by atoms with Gasteiger partial charge in [0.2, 0.25) is 0 Å². The van der Waals surface area contributed by atoms with E-state index in [-0.39, 0.29) is 12.8 Å². The van der Waals surface area contributed by atoms with E-state index in [1.54, 1.807) is 0 Å². The van der Waals surface area contributed by atoms with Crippen molar-refractivity contribution in [3.63, 3.8) is 0 Å². The van der Waals surface area contributed by atoms with E-state index in [1.807, 2.05) is 0 Å². The highest BCUT2D eigenvalue weighted by Crippen LogP contribution is 2.03. The Morgan fingerprint density at radius 1 is 1.00 bits per heavy atom. The zero-order valence-electron chi connectivity index (χ0n) is 7.14. The van der Waals surface area contributed by atoms with Gasteiger partial charge in [0.05, 0.1) is 0 Å². The Kier molecular flexibility index (Phi) is 5.82. The number of carboxylic acid groups (broad SMARTS) is 1. The van der Waals surface area contributed by atoms with Crippen molar-refractivity contribution in [2.75, 3.05) is 0 Å². The Labute approximate surface area is 75.3 Å². The molecule has 6 nitrogen and oxygen atoms in total. The number of aliphatic carboxylic acids is 1. The highest BCUT2D eigenvalue weighted by atomic mass is 16.8. The Bertz CT molecular complexity index is 180. The van der Waals surface area contributed by atoms with Crippen molar-refractivity contribution in [3.8, 4) is 0 Å². The fourth-order valence-corrected chi connectivity index (χ4v) is 0.829. The van der Waals surface area contributed by atoms with Crippen LogP contribution in [0.4, 0.5) is 0 Å². The molecule has 0 atom stereocenters. The molecular weight excluding hydrogens is 178 g/mol. The monoisotopic (exact) mass is 191 g/mol. The second-order valence-electron chi connectivity index (χ2n) is 2.64. The maximum atomic E-state index is 10.5. The molecule has 0 aromatic carbocycles. The maximum absolute atomic E-state index is 10.5. The molecule has 0 rings (SSSR count). The summed E-state index contributed by atoms with van der Waals surface area (Å²) < 4.78 is 0. The van der Waals surface area contributed by atoms with E-state index in [0.29, 0.717) is 19.3 Å². The van der Waals surface area contributed by atoms with Crippen LogP contribution in [0.5, 0.6) is 0 Å². The first-order chi connectivity index (χ1) is 6.04. The Balaban J connectivity index is 3.26. The highest BCUT2D eigenvalue weighted by Gasteiger charge is 2.06. The summed E-state index contributed by atoms with van der Waals surface area (Å²) in [6.45, 7) is 0. The fraction of sp³-hybridized carbons (Fsp3) is 0.714. The summed E-state index contributed by atoms with van der Waals surface area (Å²) in [5.41, 5.74) is 0. The molecule has 13 heavy (non-hydrogen) atoms. The number of amides is 1. The van der Waals surface area contributed by atoms with Gasteiger partial charge in [-0.1, -0.05) is 11.6 Å². The molecule has 0 radical (unpaired) electrons. The fourth-order valence-electron chi connectivity index (χ4n) is 0.829. The lowest BCUT2D eigenvalue weighted by Crippen LogP contribution is -2.22. The number of carbonyl (C=O) groups excluding carboxylic acids is 1. The summed E-state index contributed by atoms with van der Waals surface area (Å²) in [7, 11) is 0. The van der Waals surface area contributed by atoms with E-state index in [9.17, 15) is 9.59 Å². The summed E-state index contributed by atoms with van der Waals surface area (Å²) in [6, 6.07) is 0. The molecule has 0 aliphatic heterocycles. The van der Waals surface area contributed by atoms with Crippen molar-refractivity contribution in [1.82, 2.24) is 5.23 Å². The molecule has 0 unspecified atom stereocenters. The number of carbonyl (C=O) groups is 2. The van der Waals surface area contributed by atoms with Crippen LogP contribution in [0.3, 0.4) is 0 Å². The summed E-state index contributed by atoms with van der Waals surface area (Å²) in [5.74, 6) is -1.65. The molecule has 0 spiro atoms. The summed E-state index contributed by atoms with van der Waals surface area (Å²) in [4.78, 5) is 20.6. The van der Waals surface area contributed by atoms with Crippen LogP contribution < -0.4 is 0 Å². The topological polar surface area (TPSA) is 98.1 Å². The standard InChI is InChI=1S/C7H13NO5/c9-6(8(12)13)4-2-1-3-5-7(10)11/h12-13H,1-5H2,(H,10,11). The van der Waals surface area contributed by atoms with Crippen LogP contribution in [0.25, 0.3) is 0 Å². The van der Waals surface area contributed by atoms with Crippen LogP contribution in [-0.2, 0) is 9.59 Å². The van der Waals surface area contributed by atoms with Crippen molar-refractivity contribution in [2.45, 2.75) is 32.1 Å². The molecule has 0 aliphatic carbocycles. The smallest absolute Gasteiger partial charge is 0.303 e. The Morgan fingerprint density at radius 2 is 1.54 bits per heavy atom. The van der Waals surface area contributed by atoms with Crippen LogP contribution in [0.2, 0.25) is 0 Å². The molecule has 0 aromatic heterocycles. The third-order valence-electron chi connectivity index (χ3n) is 1.50. The lowest BCUT2D eigenvalue weighted by Gasteiger charge is -2.04. The van der Waals surface area contributed by atoms with Gasteiger partial charge in [0, 0.05) is 12.8 Å². The molecule has 0 fully saturated rings. The third kappa shape index (κ3) is 7.23. The number of carboxylic acids is 1. The van der Waals surface area contributed by atoms with Gasteiger partial charge in [-0.3, -0.25) is 20.0 Å². The summed E-state index contributed by atoms with van der Waals surface area (Å²) >= 11 is 0. The lowest BCUT2D eigenvalue weighted by molar-refractivity contribution is -0.285. The Morgan fingerprint density at radius 3 is 2.00 bits per heavy atom. The van der Waals surface area contributed by atoms with E-state index in [4.69, 9.17) is 15.5 Å². The van der Waals surface area contributed by atoms with Crippen LogP contribution >= 0.6 is 0 Å². The van der Waals surface area contributed by atoms with Gasteiger partial charge in [-0.05, 0) is 12.8 Å². The Hall–Kier alpha value is -1.14. The molecular formula is C7H13NO5. The maximum Gasteiger partial charge on any atom is 0.303 e. The molecule has 6 heteroatoms. The van der Waals surface area contributed by atoms with Gasteiger partial charge in [-0.15, -0.1) is 0 Å². The van der Waals surface area contributed by atoms with Crippen molar-refractivity contribution >= 4 is 11.9 Å². The average molecular weight is 191 g/mol. The first-order valence-corrected chi connectivity index (χ1v) is 3.96. The summed E-state index contributed by atoms with van der Waals surface area (Å²) in [6.07, 6.45) is 1.65. The van der Waals surface area contributed by atoms with E-state index in [1.165, 1.54) is 0 Å². The van der Waals surface area contributed by atoms with E-state index < -0.39 is 17.1 Å². The molecule has 0 heterocycles. The van der Waals surface area contributed by atoms with Crippen molar-refractivity contribution in [2.24, 2.45) is 0 Å². The first kappa shape index (κ1) is 11.9. The minimum Gasteiger partial charge on any atom is -0.481 e.